The number of aryl methyl sites for hydroxylation is 2. The maximum Gasteiger partial charge on any atom is 0.229 e. The van der Waals surface area contributed by atoms with E-state index in [0.717, 1.165) is 34.3 Å². The Hall–Kier alpha value is -2.93. The lowest BCUT2D eigenvalue weighted by atomic mass is 10.1. The SMILES string of the molecule is Cc1cc(C)n(-c2ccc(CC(=O)Nc3cnc4n3CCOC4)cc2)n1. The predicted molar refractivity (Wildman–Crippen MR) is 97.3 cm³/mol. The van der Waals surface area contributed by atoms with Crippen molar-refractivity contribution >= 4 is 11.7 Å². The molecule has 1 aromatic carbocycles. The van der Waals surface area contributed by atoms with Crippen molar-refractivity contribution in [1.29, 1.82) is 0 Å². The van der Waals surface area contributed by atoms with Gasteiger partial charge in [0.2, 0.25) is 5.91 Å². The largest absolute Gasteiger partial charge is 0.372 e. The number of hydrogen-bond acceptors (Lipinski definition) is 4. The van der Waals surface area contributed by atoms with Gasteiger partial charge in [-0.15, -0.1) is 0 Å². The zero-order valence-electron chi connectivity index (χ0n) is 14.9. The van der Waals surface area contributed by atoms with Crippen LogP contribution in [-0.4, -0.2) is 31.8 Å². The first-order valence-corrected chi connectivity index (χ1v) is 8.65. The number of ether oxygens (including phenoxy) is 1. The highest BCUT2D eigenvalue weighted by molar-refractivity contribution is 5.91. The van der Waals surface area contributed by atoms with Crippen LogP contribution in [0.15, 0.2) is 36.5 Å². The highest BCUT2D eigenvalue weighted by atomic mass is 16.5. The van der Waals surface area contributed by atoms with E-state index >= 15 is 0 Å². The van der Waals surface area contributed by atoms with Crippen LogP contribution in [-0.2, 0) is 29.1 Å². The molecule has 1 amide bonds. The van der Waals surface area contributed by atoms with E-state index in [1.807, 2.05) is 53.4 Å². The van der Waals surface area contributed by atoms with Crippen molar-refractivity contribution in [2.45, 2.75) is 33.4 Å². The monoisotopic (exact) mass is 351 g/mol. The van der Waals surface area contributed by atoms with Crippen LogP contribution in [0.2, 0.25) is 0 Å². The number of nitrogens with zero attached hydrogens (tertiary/aromatic N) is 4. The lowest BCUT2D eigenvalue weighted by Gasteiger charge is -2.17. The molecule has 7 heteroatoms. The molecule has 1 N–H and O–H groups in total. The van der Waals surface area contributed by atoms with Gasteiger partial charge in [-0.2, -0.15) is 5.10 Å². The predicted octanol–water partition coefficient (Wildman–Crippen LogP) is 2.40. The second-order valence-electron chi connectivity index (χ2n) is 6.49. The fraction of sp³-hybridized carbons (Fsp3) is 0.316. The van der Waals surface area contributed by atoms with Crippen LogP contribution in [0.3, 0.4) is 0 Å². The standard InChI is InChI=1S/C19H21N5O2/c1-13-9-14(2)24(22-13)16-5-3-15(4-6-16)10-19(25)21-17-11-20-18-12-26-8-7-23(17)18/h3-6,9,11H,7-8,10,12H2,1-2H3,(H,21,25). The van der Waals surface area contributed by atoms with Crippen LogP contribution in [0.4, 0.5) is 5.82 Å². The highest BCUT2D eigenvalue weighted by Crippen LogP contribution is 2.17. The van der Waals surface area contributed by atoms with Gasteiger partial charge in [-0.05, 0) is 37.6 Å². The van der Waals surface area contributed by atoms with E-state index in [9.17, 15) is 4.79 Å². The maximum atomic E-state index is 12.4. The first-order valence-electron chi connectivity index (χ1n) is 8.65. The molecular formula is C19H21N5O2. The van der Waals surface area contributed by atoms with Gasteiger partial charge in [0.15, 0.2) is 0 Å². The summed E-state index contributed by atoms with van der Waals surface area (Å²) < 4.78 is 9.26. The van der Waals surface area contributed by atoms with Crippen LogP contribution < -0.4 is 5.32 Å². The number of hydrogen-bond donors (Lipinski definition) is 1. The summed E-state index contributed by atoms with van der Waals surface area (Å²) in [4.78, 5) is 16.7. The Morgan fingerprint density at radius 3 is 2.81 bits per heavy atom. The molecule has 0 bridgehead atoms. The number of fused-ring (bicyclic) bond motifs is 1. The Kier molecular flexibility index (Phi) is 4.30. The van der Waals surface area contributed by atoms with Crippen LogP contribution >= 0.6 is 0 Å². The van der Waals surface area contributed by atoms with Crippen molar-refractivity contribution in [3.05, 3.63) is 59.3 Å². The molecule has 3 aromatic rings. The molecular weight excluding hydrogens is 330 g/mol. The molecule has 0 saturated heterocycles. The first-order chi connectivity index (χ1) is 12.6. The fourth-order valence-corrected chi connectivity index (χ4v) is 3.22. The van der Waals surface area contributed by atoms with Crippen LogP contribution in [0.1, 0.15) is 22.8 Å². The number of benzene rings is 1. The van der Waals surface area contributed by atoms with Crippen molar-refractivity contribution in [3.8, 4) is 5.69 Å². The minimum absolute atomic E-state index is 0.0574. The van der Waals surface area contributed by atoms with Crippen molar-refractivity contribution < 1.29 is 9.53 Å². The van der Waals surface area contributed by atoms with Gasteiger partial charge in [-0.1, -0.05) is 12.1 Å². The van der Waals surface area contributed by atoms with E-state index in [4.69, 9.17) is 4.74 Å². The molecule has 0 unspecified atom stereocenters. The van der Waals surface area contributed by atoms with Gasteiger partial charge in [-0.25, -0.2) is 9.67 Å². The first kappa shape index (κ1) is 16.5. The Morgan fingerprint density at radius 1 is 1.27 bits per heavy atom. The average Bonchev–Trinajstić information content (AvgIpc) is 3.18. The number of rotatable bonds is 4. The van der Waals surface area contributed by atoms with Gasteiger partial charge in [0, 0.05) is 12.2 Å². The third kappa shape index (κ3) is 3.25. The molecule has 3 heterocycles. The molecule has 1 aliphatic heterocycles. The molecule has 0 atom stereocenters. The number of carbonyl (C=O) groups is 1. The molecule has 1 aliphatic rings. The number of amides is 1. The van der Waals surface area contributed by atoms with Crippen molar-refractivity contribution in [3.63, 3.8) is 0 Å². The van der Waals surface area contributed by atoms with E-state index in [1.54, 1.807) is 6.20 Å². The van der Waals surface area contributed by atoms with E-state index in [1.165, 1.54) is 0 Å². The molecule has 0 radical (unpaired) electrons. The molecule has 2 aromatic heterocycles. The zero-order valence-corrected chi connectivity index (χ0v) is 14.9. The highest BCUT2D eigenvalue weighted by Gasteiger charge is 2.16. The molecule has 0 spiro atoms. The molecule has 0 saturated carbocycles. The topological polar surface area (TPSA) is 74.0 Å². The number of imidazole rings is 1. The Bertz CT molecular complexity index is 939. The summed E-state index contributed by atoms with van der Waals surface area (Å²) in [6.45, 7) is 5.84. The number of anilines is 1. The van der Waals surface area contributed by atoms with Gasteiger partial charge in [0.1, 0.15) is 18.2 Å². The van der Waals surface area contributed by atoms with Gasteiger partial charge in [-0.3, -0.25) is 4.79 Å². The van der Waals surface area contributed by atoms with E-state index in [2.05, 4.69) is 15.4 Å². The smallest absolute Gasteiger partial charge is 0.229 e. The van der Waals surface area contributed by atoms with Crippen LogP contribution in [0, 0.1) is 13.8 Å². The van der Waals surface area contributed by atoms with Crippen molar-refractivity contribution in [1.82, 2.24) is 19.3 Å². The average molecular weight is 351 g/mol. The summed E-state index contributed by atoms with van der Waals surface area (Å²) in [5.74, 6) is 1.52. The summed E-state index contributed by atoms with van der Waals surface area (Å²) in [5, 5.41) is 7.43. The molecule has 7 nitrogen and oxygen atoms in total. The minimum Gasteiger partial charge on any atom is -0.372 e. The molecule has 26 heavy (non-hydrogen) atoms. The van der Waals surface area contributed by atoms with Crippen LogP contribution in [0.5, 0.6) is 0 Å². The molecule has 0 fully saturated rings. The van der Waals surface area contributed by atoms with E-state index in [0.29, 0.717) is 26.2 Å². The Balaban J connectivity index is 1.43. The number of nitrogens with one attached hydrogen (secondary N) is 1. The summed E-state index contributed by atoms with van der Waals surface area (Å²) in [6.07, 6.45) is 2.00. The Morgan fingerprint density at radius 2 is 2.08 bits per heavy atom. The number of carbonyl (C=O) groups excluding carboxylic acids is 1. The molecule has 4 rings (SSSR count). The van der Waals surface area contributed by atoms with E-state index in [-0.39, 0.29) is 5.91 Å². The summed E-state index contributed by atoms with van der Waals surface area (Å²) in [7, 11) is 0. The van der Waals surface area contributed by atoms with Gasteiger partial charge >= 0.3 is 0 Å². The fourth-order valence-electron chi connectivity index (χ4n) is 3.22. The van der Waals surface area contributed by atoms with Crippen LogP contribution in [0.25, 0.3) is 5.69 Å². The Labute approximate surface area is 151 Å². The van der Waals surface area contributed by atoms with Gasteiger partial charge in [0.25, 0.3) is 0 Å². The second-order valence-corrected chi connectivity index (χ2v) is 6.49. The third-order valence-electron chi connectivity index (χ3n) is 4.45. The quantitative estimate of drug-likeness (QED) is 0.783. The van der Waals surface area contributed by atoms with E-state index < -0.39 is 0 Å². The van der Waals surface area contributed by atoms with Crippen molar-refractivity contribution in [2.24, 2.45) is 0 Å². The zero-order chi connectivity index (χ0) is 18.1. The maximum absolute atomic E-state index is 12.4. The third-order valence-corrected chi connectivity index (χ3v) is 4.45. The molecule has 134 valence electrons. The molecule has 0 aliphatic carbocycles. The van der Waals surface area contributed by atoms with Gasteiger partial charge < -0.3 is 14.6 Å². The normalized spacial score (nSPS) is 13.5. The summed E-state index contributed by atoms with van der Waals surface area (Å²) >= 11 is 0. The second kappa shape index (κ2) is 6.76. The number of aromatic nitrogens is 4. The summed E-state index contributed by atoms with van der Waals surface area (Å²) in [5.41, 5.74) is 4.02. The minimum atomic E-state index is -0.0574. The van der Waals surface area contributed by atoms with Crippen molar-refractivity contribution in [2.75, 3.05) is 11.9 Å². The lowest BCUT2D eigenvalue weighted by Crippen LogP contribution is -2.22. The summed E-state index contributed by atoms with van der Waals surface area (Å²) in [6, 6.07) is 9.94. The van der Waals surface area contributed by atoms with Gasteiger partial charge in [0.05, 0.1) is 30.6 Å². The lowest BCUT2D eigenvalue weighted by molar-refractivity contribution is -0.115.